The van der Waals surface area contributed by atoms with E-state index in [-0.39, 0.29) is 10.9 Å². The molecule has 2 aromatic heterocycles. The first-order chi connectivity index (χ1) is 15.6. The second-order valence-electron chi connectivity index (χ2n) is 9.87. The lowest BCUT2D eigenvalue weighted by Gasteiger charge is -2.37. The molecule has 2 N–H and O–H groups in total. The van der Waals surface area contributed by atoms with E-state index in [4.69, 9.17) is 9.16 Å². The van der Waals surface area contributed by atoms with Crippen molar-refractivity contribution in [1.82, 2.24) is 19.5 Å². The minimum atomic E-state index is -1.96. The van der Waals surface area contributed by atoms with Gasteiger partial charge >= 0.3 is 0 Å². The highest BCUT2D eigenvalue weighted by Gasteiger charge is 2.41. The van der Waals surface area contributed by atoms with E-state index in [1.165, 1.54) is 6.33 Å². The molecule has 1 fully saturated rings. The summed E-state index contributed by atoms with van der Waals surface area (Å²) in [6, 6.07) is 8.90. The number of amides is 1. The third-order valence-electron chi connectivity index (χ3n) is 6.56. The van der Waals surface area contributed by atoms with E-state index in [1.54, 1.807) is 35.2 Å². The molecule has 1 aliphatic rings. The summed E-state index contributed by atoms with van der Waals surface area (Å²) in [6.07, 6.45) is 1.85. The van der Waals surface area contributed by atoms with Crippen LogP contribution in [-0.4, -0.2) is 57.7 Å². The van der Waals surface area contributed by atoms with E-state index in [2.05, 4.69) is 54.1 Å². The maximum atomic E-state index is 12.6. The van der Waals surface area contributed by atoms with Crippen molar-refractivity contribution in [3.8, 4) is 0 Å². The van der Waals surface area contributed by atoms with Crippen LogP contribution in [0.3, 0.4) is 0 Å². The van der Waals surface area contributed by atoms with Crippen molar-refractivity contribution in [3.63, 3.8) is 0 Å². The number of hydrogen-bond acceptors (Lipinski definition) is 7. The predicted octanol–water partition coefficient (Wildman–Crippen LogP) is 3.75. The van der Waals surface area contributed by atoms with Gasteiger partial charge in [-0.3, -0.25) is 9.36 Å². The van der Waals surface area contributed by atoms with Crippen LogP contribution in [0.1, 0.15) is 43.8 Å². The van der Waals surface area contributed by atoms with E-state index in [9.17, 15) is 9.90 Å². The number of aliphatic hydroxyl groups excluding tert-OH is 1. The summed E-state index contributed by atoms with van der Waals surface area (Å²) >= 11 is 0. The highest BCUT2D eigenvalue weighted by molar-refractivity contribution is 6.74. The fourth-order valence-electron chi connectivity index (χ4n) is 3.47. The van der Waals surface area contributed by atoms with Crippen LogP contribution in [0.25, 0.3) is 11.2 Å². The number of rotatable bonds is 6. The maximum Gasteiger partial charge on any atom is 0.256 e. The van der Waals surface area contributed by atoms with Crippen LogP contribution < -0.4 is 5.32 Å². The number of nitrogens with one attached hydrogen (secondary N) is 1. The molecule has 1 aliphatic heterocycles. The van der Waals surface area contributed by atoms with Crippen molar-refractivity contribution in [3.05, 3.63) is 48.5 Å². The normalized spacial score (nSPS) is 21.5. The van der Waals surface area contributed by atoms with Gasteiger partial charge in [0.15, 0.2) is 25.3 Å². The molecule has 3 heterocycles. The number of aromatic nitrogens is 4. The van der Waals surface area contributed by atoms with Crippen molar-refractivity contribution in [2.24, 2.45) is 0 Å². The summed E-state index contributed by atoms with van der Waals surface area (Å²) < 4.78 is 14.2. The van der Waals surface area contributed by atoms with Gasteiger partial charge in [0.05, 0.1) is 19.0 Å². The molecule has 9 nitrogen and oxygen atoms in total. The van der Waals surface area contributed by atoms with E-state index in [0.29, 0.717) is 35.6 Å². The predicted molar refractivity (Wildman–Crippen MR) is 127 cm³/mol. The quantitative estimate of drug-likeness (QED) is 0.529. The molecule has 4 rings (SSSR count). The summed E-state index contributed by atoms with van der Waals surface area (Å²) in [5.74, 6) is 0.0458. The number of aliphatic hydroxyl groups is 1. The lowest BCUT2D eigenvalue weighted by molar-refractivity contribution is -0.0405. The fraction of sp³-hybridized carbons (Fsp3) is 0.478. The Bertz CT molecular complexity index is 1130. The van der Waals surface area contributed by atoms with Crippen LogP contribution in [0.2, 0.25) is 18.1 Å². The summed E-state index contributed by atoms with van der Waals surface area (Å²) in [6.45, 7) is 11.2. The lowest BCUT2D eigenvalue weighted by Crippen LogP contribution is -2.43. The largest absolute Gasteiger partial charge is 0.414 e. The fourth-order valence-corrected chi connectivity index (χ4v) is 4.48. The summed E-state index contributed by atoms with van der Waals surface area (Å²) in [5.41, 5.74) is 1.51. The van der Waals surface area contributed by atoms with E-state index < -0.39 is 26.8 Å². The van der Waals surface area contributed by atoms with Gasteiger partial charge in [0, 0.05) is 12.0 Å². The highest BCUT2D eigenvalue weighted by Crippen LogP contribution is 2.38. The molecular weight excluding hydrogens is 438 g/mol. The number of ether oxygens (including phenoxy) is 1. The second-order valence-corrected chi connectivity index (χ2v) is 14.7. The summed E-state index contributed by atoms with van der Waals surface area (Å²) in [7, 11) is -1.96. The zero-order valence-electron chi connectivity index (χ0n) is 19.6. The maximum absolute atomic E-state index is 12.6. The average Bonchev–Trinajstić information content (AvgIpc) is 3.36. The van der Waals surface area contributed by atoms with E-state index >= 15 is 0 Å². The molecule has 33 heavy (non-hydrogen) atoms. The van der Waals surface area contributed by atoms with Gasteiger partial charge in [-0.2, -0.15) is 0 Å². The molecule has 0 radical (unpaired) electrons. The monoisotopic (exact) mass is 469 g/mol. The number of carbonyl (C=O) groups excluding carboxylic acids is 1. The highest BCUT2D eigenvalue weighted by atomic mass is 28.4. The molecule has 0 aliphatic carbocycles. The Labute approximate surface area is 194 Å². The molecule has 1 saturated heterocycles. The lowest BCUT2D eigenvalue weighted by atomic mass is 10.2. The minimum absolute atomic E-state index is 0.0774. The van der Waals surface area contributed by atoms with Crippen LogP contribution in [0, 0.1) is 0 Å². The van der Waals surface area contributed by atoms with Gasteiger partial charge in [-0.05, 0) is 30.3 Å². The molecule has 3 atom stereocenters. The number of nitrogens with zero attached hydrogens (tertiary/aromatic N) is 4. The van der Waals surface area contributed by atoms with Crippen LogP contribution >= 0.6 is 0 Å². The Morgan fingerprint density at radius 3 is 2.67 bits per heavy atom. The van der Waals surface area contributed by atoms with Crippen molar-refractivity contribution < 1.29 is 19.1 Å². The number of anilines is 1. The zero-order chi connectivity index (χ0) is 23.8. The first-order valence-electron chi connectivity index (χ1n) is 11.1. The molecule has 3 aromatic rings. The van der Waals surface area contributed by atoms with Gasteiger partial charge in [-0.1, -0.05) is 39.0 Å². The van der Waals surface area contributed by atoms with Crippen molar-refractivity contribution in [2.45, 2.75) is 63.8 Å². The Balaban J connectivity index is 1.49. The van der Waals surface area contributed by atoms with E-state index in [0.717, 1.165) is 0 Å². The number of fused-ring (bicyclic) bond motifs is 1. The zero-order valence-corrected chi connectivity index (χ0v) is 20.6. The Morgan fingerprint density at radius 2 is 1.97 bits per heavy atom. The van der Waals surface area contributed by atoms with Gasteiger partial charge in [-0.25, -0.2) is 15.0 Å². The van der Waals surface area contributed by atoms with Crippen LogP contribution in [0.15, 0.2) is 43.0 Å². The van der Waals surface area contributed by atoms with Gasteiger partial charge in [0.1, 0.15) is 18.7 Å². The topological polar surface area (TPSA) is 111 Å². The standard InChI is InChI=1S/C23H31N5O4Si/c1-23(2,3)33(4,5)31-12-17-16(29)11-18(32-17)28-14-26-19-20(24-13-25-21(19)28)27-22(30)15-9-7-6-8-10-15/h6-10,13-14,16-18,29H,11-12H2,1-5H3,(H,24,25,27,30)/t16?,17-,18-/m1/s1. The minimum Gasteiger partial charge on any atom is -0.414 e. The van der Waals surface area contributed by atoms with E-state index in [1.807, 2.05) is 6.07 Å². The number of hydrogen-bond donors (Lipinski definition) is 2. The summed E-state index contributed by atoms with van der Waals surface area (Å²) in [4.78, 5) is 25.5. The van der Waals surface area contributed by atoms with Gasteiger partial charge in [0.25, 0.3) is 5.91 Å². The SMILES string of the molecule is CC(C)(C)[Si](C)(C)OC[C@H]1O[C@@H](n2cnc3c(NC(=O)c4ccccc4)ncnc32)CC1O. The smallest absolute Gasteiger partial charge is 0.256 e. The second kappa shape index (κ2) is 8.94. The summed E-state index contributed by atoms with van der Waals surface area (Å²) in [5, 5.41) is 13.5. The number of imidazole rings is 1. The van der Waals surface area contributed by atoms with Crippen LogP contribution in [0.5, 0.6) is 0 Å². The van der Waals surface area contributed by atoms with Crippen molar-refractivity contribution >= 4 is 31.2 Å². The number of benzene rings is 1. The van der Waals surface area contributed by atoms with Crippen molar-refractivity contribution in [1.29, 1.82) is 0 Å². The molecule has 1 amide bonds. The van der Waals surface area contributed by atoms with Crippen molar-refractivity contribution in [2.75, 3.05) is 11.9 Å². The average molecular weight is 470 g/mol. The first-order valence-corrected chi connectivity index (χ1v) is 14.0. The molecule has 1 aromatic carbocycles. The third-order valence-corrected chi connectivity index (χ3v) is 11.1. The Kier molecular flexibility index (Phi) is 6.36. The molecule has 1 unspecified atom stereocenters. The molecule has 0 spiro atoms. The molecule has 176 valence electrons. The van der Waals surface area contributed by atoms with Crippen LogP contribution in [0.4, 0.5) is 5.82 Å². The molecule has 0 saturated carbocycles. The molecule has 0 bridgehead atoms. The third kappa shape index (κ3) is 4.84. The molecular formula is C23H31N5O4Si. The molecule has 10 heteroatoms. The van der Waals surface area contributed by atoms with Crippen LogP contribution in [-0.2, 0) is 9.16 Å². The van der Waals surface area contributed by atoms with Gasteiger partial charge < -0.3 is 19.6 Å². The van der Waals surface area contributed by atoms with Gasteiger partial charge in [-0.15, -0.1) is 0 Å². The number of carbonyl (C=O) groups is 1. The first kappa shape index (κ1) is 23.5. The Hall–Kier alpha value is -2.66. The Morgan fingerprint density at radius 1 is 1.24 bits per heavy atom. The van der Waals surface area contributed by atoms with Gasteiger partial charge in [0.2, 0.25) is 0 Å².